The molecule has 150 valence electrons. The normalized spacial score (nSPS) is 10.7. The highest BCUT2D eigenvalue weighted by molar-refractivity contribution is 6.30. The average molecular weight is 411 g/mol. The van der Waals surface area contributed by atoms with Crippen molar-refractivity contribution in [2.24, 2.45) is 0 Å². The maximum atomic E-state index is 12.8. The van der Waals surface area contributed by atoms with E-state index in [0.717, 1.165) is 22.5 Å². The number of aryl methyl sites for hydroxylation is 1. The van der Waals surface area contributed by atoms with E-state index in [1.165, 1.54) is 11.1 Å². The Morgan fingerprint density at radius 2 is 1.79 bits per heavy atom. The third-order valence-electron chi connectivity index (χ3n) is 4.92. The van der Waals surface area contributed by atoms with E-state index in [9.17, 15) is 9.59 Å². The zero-order chi connectivity index (χ0) is 21.1. The molecule has 0 spiro atoms. The van der Waals surface area contributed by atoms with E-state index in [2.05, 4.69) is 10.4 Å². The summed E-state index contributed by atoms with van der Waals surface area (Å²) >= 11 is 5.93. The molecule has 7 heteroatoms. The van der Waals surface area contributed by atoms with Gasteiger partial charge in [0.15, 0.2) is 0 Å². The highest BCUT2D eigenvalue weighted by Gasteiger charge is 2.20. The number of carbonyl (C=O) groups excluding carboxylic acids is 2. The second kappa shape index (κ2) is 8.49. The smallest absolute Gasteiger partial charge is 0.257 e. The monoisotopic (exact) mass is 410 g/mol. The molecule has 0 bridgehead atoms. The van der Waals surface area contributed by atoms with Crippen molar-refractivity contribution < 1.29 is 9.59 Å². The van der Waals surface area contributed by atoms with Crippen molar-refractivity contribution in [2.75, 3.05) is 18.9 Å². The summed E-state index contributed by atoms with van der Waals surface area (Å²) in [6.45, 7) is 5.70. The fourth-order valence-electron chi connectivity index (χ4n) is 3.03. The van der Waals surface area contributed by atoms with Crippen LogP contribution in [0.25, 0.3) is 5.69 Å². The number of aromatic nitrogens is 2. The van der Waals surface area contributed by atoms with Gasteiger partial charge in [-0.05, 0) is 62.2 Å². The van der Waals surface area contributed by atoms with Gasteiger partial charge in [-0.3, -0.25) is 9.59 Å². The quantitative estimate of drug-likeness (QED) is 0.686. The van der Waals surface area contributed by atoms with E-state index < -0.39 is 0 Å². The van der Waals surface area contributed by atoms with Gasteiger partial charge >= 0.3 is 0 Å². The van der Waals surface area contributed by atoms with Crippen molar-refractivity contribution in [1.82, 2.24) is 14.7 Å². The third kappa shape index (κ3) is 4.49. The van der Waals surface area contributed by atoms with Gasteiger partial charge in [0.25, 0.3) is 5.91 Å². The fourth-order valence-corrected chi connectivity index (χ4v) is 3.16. The predicted octanol–water partition coefficient (Wildman–Crippen LogP) is 4.16. The molecule has 0 aliphatic rings. The molecule has 2 amide bonds. The number of nitrogens with one attached hydrogen (secondary N) is 1. The van der Waals surface area contributed by atoms with Crippen LogP contribution in [0.2, 0.25) is 5.02 Å². The minimum atomic E-state index is -0.265. The number of rotatable bonds is 5. The molecule has 0 radical (unpaired) electrons. The number of halogens is 1. The van der Waals surface area contributed by atoms with Gasteiger partial charge < -0.3 is 10.2 Å². The van der Waals surface area contributed by atoms with Gasteiger partial charge in [-0.2, -0.15) is 5.10 Å². The molecule has 0 unspecified atom stereocenters. The van der Waals surface area contributed by atoms with E-state index in [0.29, 0.717) is 16.3 Å². The number of likely N-dealkylation sites (N-methyl/N-ethyl adjacent to an activating group) is 1. The van der Waals surface area contributed by atoms with Crippen molar-refractivity contribution in [1.29, 1.82) is 0 Å². The van der Waals surface area contributed by atoms with Crippen LogP contribution < -0.4 is 5.32 Å². The van der Waals surface area contributed by atoms with Gasteiger partial charge in [-0.25, -0.2) is 4.68 Å². The van der Waals surface area contributed by atoms with Crippen LogP contribution in [-0.4, -0.2) is 40.1 Å². The predicted molar refractivity (Wildman–Crippen MR) is 115 cm³/mol. The molecule has 3 aromatic rings. The van der Waals surface area contributed by atoms with Gasteiger partial charge in [-0.1, -0.05) is 23.7 Å². The van der Waals surface area contributed by atoms with Crippen molar-refractivity contribution in [3.05, 3.63) is 76.1 Å². The molecule has 2 aromatic carbocycles. The fraction of sp³-hybridized carbons (Fsp3) is 0.227. The van der Waals surface area contributed by atoms with Crippen LogP contribution in [0.15, 0.2) is 48.7 Å². The minimum Gasteiger partial charge on any atom is -0.332 e. The zero-order valence-corrected chi connectivity index (χ0v) is 17.6. The first-order chi connectivity index (χ1) is 13.8. The Bertz CT molecular complexity index is 1060. The van der Waals surface area contributed by atoms with Gasteiger partial charge in [0, 0.05) is 17.8 Å². The summed E-state index contributed by atoms with van der Waals surface area (Å²) in [5, 5.41) is 7.82. The van der Waals surface area contributed by atoms with Crippen molar-refractivity contribution >= 4 is 29.1 Å². The first-order valence-corrected chi connectivity index (χ1v) is 9.58. The lowest BCUT2D eigenvalue weighted by Gasteiger charge is -2.17. The first kappa shape index (κ1) is 20.6. The Hall–Kier alpha value is -3.12. The highest BCUT2D eigenvalue weighted by Crippen LogP contribution is 2.19. The molecular formula is C22H23ClN4O2. The lowest BCUT2D eigenvalue weighted by molar-refractivity contribution is -0.116. The Kier molecular flexibility index (Phi) is 6.03. The van der Waals surface area contributed by atoms with Gasteiger partial charge in [-0.15, -0.1) is 0 Å². The first-order valence-electron chi connectivity index (χ1n) is 9.20. The number of anilines is 1. The van der Waals surface area contributed by atoms with Crippen molar-refractivity contribution in [3.8, 4) is 5.69 Å². The molecule has 0 saturated carbocycles. The molecule has 3 rings (SSSR count). The second-order valence-electron chi connectivity index (χ2n) is 6.99. The van der Waals surface area contributed by atoms with Crippen LogP contribution in [-0.2, 0) is 4.79 Å². The number of amides is 2. The molecule has 0 aliphatic heterocycles. The zero-order valence-electron chi connectivity index (χ0n) is 16.9. The highest BCUT2D eigenvalue weighted by atomic mass is 35.5. The van der Waals surface area contributed by atoms with E-state index in [-0.39, 0.29) is 18.4 Å². The Balaban J connectivity index is 1.71. The topological polar surface area (TPSA) is 67.2 Å². The van der Waals surface area contributed by atoms with Crippen LogP contribution >= 0.6 is 11.6 Å². The van der Waals surface area contributed by atoms with Crippen LogP contribution in [0, 0.1) is 20.8 Å². The average Bonchev–Trinajstić information content (AvgIpc) is 3.06. The number of nitrogens with zero attached hydrogens (tertiary/aromatic N) is 3. The Morgan fingerprint density at radius 1 is 1.10 bits per heavy atom. The summed E-state index contributed by atoms with van der Waals surface area (Å²) in [6, 6.07) is 12.9. The molecule has 0 aliphatic carbocycles. The SMILES string of the molecule is Cc1cccc(NC(=O)CN(C)C(=O)c2cnn(-c3ccc(Cl)cc3)c2C)c1C. The summed E-state index contributed by atoms with van der Waals surface area (Å²) in [5.74, 6) is -0.517. The largest absolute Gasteiger partial charge is 0.332 e. The second-order valence-corrected chi connectivity index (χ2v) is 7.43. The van der Waals surface area contributed by atoms with E-state index in [4.69, 9.17) is 11.6 Å². The molecule has 0 atom stereocenters. The Labute approximate surface area is 175 Å². The van der Waals surface area contributed by atoms with Crippen LogP contribution in [0.1, 0.15) is 27.2 Å². The number of carbonyl (C=O) groups is 2. The van der Waals surface area contributed by atoms with Crippen molar-refractivity contribution in [2.45, 2.75) is 20.8 Å². The van der Waals surface area contributed by atoms with E-state index >= 15 is 0 Å². The molecule has 0 fully saturated rings. The lowest BCUT2D eigenvalue weighted by Crippen LogP contribution is -2.35. The molecule has 1 N–H and O–H groups in total. The number of benzene rings is 2. The van der Waals surface area contributed by atoms with Crippen LogP contribution in [0.4, 0.5) is 5.69 Å². The minimum absolute atomic E-state index is 0.0578. The number of hydrogen-bond donors (Lipinski definition) is 1. The van der Waals surface area contributed by atoms with Crippen molar-refractivity contribution in [3.63, 3.8) is 0 Å². The summed E-state index contributed by atoms with van der Waals surface area (Å²) in [6.07, 6.45) is 1.52. The molecule has 1 aromatic heterocycles. The van der Waals surface area contributed by atoms with E-state index in [1.54, 1.807) is 23.9 Å². The molecule has 1 heterocycles. The summed E-state index contributed by atoms with van der Waals surface area (Å²) in [4.78, 5) is 26.7. The third-order valence-corrected chi connectivity index (χ3v) is 5.17. The standard InChI is InChI=1S/C22H23ClN4O2/c1-14-6-5-7-20(15(14)2)25-21(28)13-26(4)22(29)19-12-24-27(16(19)3)18-10-8-17(23)9-11-18/h5-12H,13H2,1-4H3,(H,25,28). The summed E-state index contributed by atoms with van der Waals surface area (Å²) < 4.78 is 1.67. The maximum absolute atomic E-state index is 12.8. The molecule has 6 nitrogen and oxygen atoms in total. The van der Waals surface area contributed by atoms with Crippen LogP contribution in [0.3, 0.4) is 0 Å². The molecule has 0 saturated heterocycles. The van der Waals surface area contributed by atoms with Gasteiger partial charge in [0.2, 0.25) is 5.91 Å². The molecule has 29 heavy (non-hydrogen) atoms. The van der Waals surface area contributed by atoms with Gasteiger partial charge in [0.05, 0.1) is 29.7 Å². The summed E-state index contributed by atoms with van der Waals surface area (Å²) in [5.41, 5.74) is 4.80. The van der Waals surface area contributed by atoms with E-state index in [1.807, 2.05) is 51.1 Å². The number of hydrogen-bond acceptors (Lipinski definition) is 3. The van der Waals surface area contributed by atoms with Crippen LogP contribution in [0.5, 0.6) is 0 Å². The Morgan fingerprint density at radius 3 is 2.48 bits per heavy atom. The summed E-state index contributed by atoms with van der Waals surface area (Å²) in [7, 11) is 1.60. The molecular weight excluding hydrogens is 388 g/mol. The maximum Gasteiger partial charge on any atom is 0.257 e. The lowest BCUT2D eigenvalue weighted by atomic mass is 10.1. The van der Waals surface area contributed by atoms with Gasteiger partial charge in [0.1, 0.15) is 0 Å².